The second-order valence-electron chi connectivity index (χ2n) is 4.26. The normalized spacial score (nSPS) is 24.3. The van der Waals surface area contributed by atoms with Crippen molar-refractivity contribution in [3.8, 4) is 0 Å². The Hall–Kier alpha value is -1.29. The Labute approximate surface area is 87.9 Å². The predicted molar refractivity (Wildman–Crippen MR) is 54.7 cm³/mol. The Morgan fingerprint density at radius 3 is 3.27 bits per heavy atom. The molecule has 4 heteroatoms. The number of nitrogens with one attached hydrogen (secondary N) is 1. The molecule has 1 atom stereocenters. The molecule has 1 aromatic heterocycles. The molecule has 3 rings (SSSR count). The lowest BCUT2D eigenvalue weighted by molar-refractivity contribution is 0.0921. The van der Waals surface area contributed by atoms with Crippen LogP contribution in [-0.2, 0) is 13.0 Å². The van der Waals surface area contributed by atoms with E-state index in [0.717, 1.165) is 37.1 Å². The van der Waals surface area contributed by atoms with Crippen molar-refractivity contribution in [1.29, 1.82) is 0 Å². The van der Waals surface area contributed by atoms with Gasteiger partial charge in [0.1, 0.15) is 5.69 Å². The maximum Gasteiger partial charge on any atom is 0.267 e. The highest BCUT2D eigenvalue weighted by atomic mass is 16.3. The van der Waals surface area contributed by atoms with Crippen molar-refractivity contribution in [2.24, 2.45) is 0 Å². The lowest BCUT2D eigenvalue weighted by Crippen LogP contribution is -2.36. The molecule has 1 aliphatic carbocycles. The minimum atomic E-state index is -0.381. The molecule has 2 aliphatic rings. The molecule has 2 N–H and O–H groups in total. The third kappa shape index (κ3) is 1.21. The molecule has 1 unspecified atom stereocenters. The van der Waals surface area contributed by atoms with E-state index in [9.17, 15) is 9.90 Å². The first kappa shape index (κ1) is 8.97. The smallest absolute Gasteiger partial charge is 0.267 e. The molecule has 0 fully saturated rings. The van der Waals surface area contributed by atoms with Gasteiger partial charge >= 0.3 is 0 Å². The van der Waals surface area contributed by atoms with Gasteiger partial charge in [-0.05, 0) is 30.9 Å². The molecule has 1 amide bonds. The summed E-state index contributed by atoms with van der Waals surface area (Å²) in [6.45, 7) is 1.45. The van der Waals surface area contributed by atoms with Gasteiger partial charge in [0.25, 0.3) is 5.91 Å². The fourth-order valence-electron chi connectivity index (χ4n) is 2.64. The summed E-state index contributed by atoms with van der Waals surface area (Å²) in [5, 5.41) is 12.8. The van der Waals surface area contributed by atoms with Crippen molar-refractivity contribution in [2.75, 3.05) is 6.54 Å². The molecule has 80 valence electrons. The zero-order chi connectivity index (χ0) is 10.4. The summed E-state index contributed by atoms with van der Waals surface area (Å²) < 4.78 is 1.98. The van der Waals surface area contributed by atoms with E-state index in [0.29, 0.717) is 12.2 Å². The van der Waals surface area contributed by atoms with Crippen molar-refractivity contribution in [2.45, 2.75) is 31.9 Å². The maximum absolute atomic E-state index is 11.6. The zero-order valence-corrected chi connectivity index (χ0v) is 8.49. The van der Waals surface area contributed by atoms with Crippen LogP contribution < -0.4 is 5.32 Å². The predicted octanol–water partition coefficient (Wildman–Crippen LogP) is 0.601. The quantitative estimate of drug-likeness (QED) is 0.653. The van der Waals surface area contributed by atoms with E-state index in [4.69, 9.17) is 0 Å². The van der Waals surface area contributed by atoms with Crippen LogP contribution in [0.3, 0.4) is 0 Å². The average Bonchev–Trinajstić information content (AvgIpc) is 2.59. The summed E-state index contributed by atoms with van der Waals surface area (Å²) in [5.41, 5.74) is 2.85. The fourth-order valence-corrected chi connectivity index (χ4v) is 2.64. The SMILES string of the molecule is O=C1NCCn2c1cc1c2C(O)CCC1. The molecule has 2 heterocycles. The van der Waals surface area contributed by atoms with Crippen LogP contribution in [0.25, 0.3) is 0 Å². The molecular weight excluding hydrogens is 192 g/mol. The number of fused-ring (bicyclic) bond motifs is 3. The Balaban J connectivity index is 2.17. The molecule has 1 aliphatic heterocycles. The van der Waals surface area contributed by atoms with Gasteiger partial charge in [-0.2, -0.15) is 0 Å². The van der Waals surface area contributed by atoms with Crippen molar-refractivity contribution in [1.82, 2.24) is 9.88 Å². The second kappa shape index (κ2) is 3.10. The van der Waals surface area contributed by atoms with Gasteiger partial charge in [0.2, 0.25) is 0 Å². The Kier molecular flexibility index (Phi) is 1.85. The second-order valence-corrected chi connectivity index (χ2v) is 4.26. The number of carbonyl (C=O) groups is 1. The van der Waals surface area contributed by atoms with Crippen LogP contribution in [0.4, 0.5) is 0 Å². The molecule has 0 bridgehead atoms. The Bertz CT molecular complexity index is 422. The van der Waals surface area contributed by atoms with E-state index in [2.05, 4.69) is 5.32 Å². The molecule has 15 heavy (non-hydrogen) atoms. The minimum Gasteiger partial charge on any atom is -0.387 e. The van der Waals surface area contributed by atoms with Gasteiger partial charge < -0.3 is 15.0 Å². The summed E-state index contributed by atoms with van der Waals surface area (Å²) >= 11 is 0. The topological polar surface area (TPSA) is 54.3 Å². The van der Waals surface area contributed by atoms with Crippen LogP contribution in [0, 0.1) is 0 Å². The van der Waals surface area contributed by atoms with E-state index in [1.165, 1.54) is 0 Å². The number of carbonyl (C=O) groups excluding carboxylic acids is 1. The number of aliphatic hydroxyl groups excluding tert-OH is 1. The molecule has 4 nitrogen and oxygen atoms in total. The highest BCUT2D eigenvalue weighted by molar-refractivity contribution is 5.94. The number of amides is 1. The Morgan fingerprint density at radius 1 is 1.53 bits per heavy atom. The summed E-state index contributed by atoms with van der Waals surface area (Å²) in [5.74, 6) is -0.0112. The molecule has 0 saturated heterocycles. The molecule has 0 radical (unpaired) electrons. The van der Waals surface area contributed by atoms with Crippen molar-refractivity contribution < 1.29 is 9.90 Å². The average molecular weight is 206 g/mol. The van der Waals surface area contributed by atoms with Gasteiger partial charge in [-0.15, -0.1) is 0 Å². The van der Waals surface area contributed by atoms with Crippen LogP contribution in [0.15, 0.2) is 6.07 Å². The highest BCUT2D eigenvalue weighted by Gasteiger charge is 2.28. The first-order valence-corrected chi connectivity index (χ1v) is 5.46. The summed E-state index contributed by atoms with van der Waals surface area (Å²) in [7, 11) is 0. The molecular formula is C11H14N2O2. The third-order valence-corrected chi connectivity index (χ3v) is 3.31. The van der Waals surface area contributed by atoms with Gasteiger partial charge in [0.05, 0.1) is 11.8 Å². The van der Waals surface area contributed by atoms with E-state index >= 15 is 0 Å². The lowest BCUT2D eigenvalue weighted by Gasteiger charge is -2.23. The summed E-state index contributed by atoms with van der Waals surface area (Å²) in [6, 6.07) is 1.94. The molecule has 0 saturated carbocycles. The number of aromatic nitrogens is 1. The van der Waals surface area contributed by atoms with Crippen molar-refractivity contribution in [3.63, 3.8) is 0 Å². The maximum atomic E-state index is 11.6. The summed E-state index contributed by atoms with van der Waals surface area (Å²) in [6.07, 6.45) is 2.44. The zero-order valence-electron chi connectivity index (χ0n) is 8.49. The van der Waals surface area contributed by atoms with Gasteiger partial charge in [-0.3, -0.25) is 4.79 Å². The number of aliphatic hydroxyl groups is 1. The first-order valence-electron chi connectivity index (χ1n) is 5.46. The molecule has 1 aromatic rings. The van der Waals surface area contributed by atoms with Gasteiger partial charge in [0.15, 0.2) is 0 Å². The van der Waals surface area contributed by atoms with E-state index in [1.54, 1.807) is 0 Å². The fraction of sp³-hybridized carbons (Fsp3) is 0.545. The van der Waals surface area contributed by atoms with E-state index < -0.39 is 0 Å². The first-order chi connectivity index (χ1) is 7.27. The van der Waals surface area contributed by atoms with Gasteiger partial charge in [-0.1, -0.05) is 0 Å². The number of hydrogen-bond donors (Lipinski definition) is 2. The monoisotopic (exact) mass is 206 g/mol. The van der Waals surface area contributed by atoms with Gasteiger partial charge in [-0.25, -0.2) is 0 Å². The van der Waals surface area contributed by atoms with Crippen LogP contribution >= 0.6 is 0 Å². The molecule has 0 aromatic carbocycles. The lowest BCUT2D eigenvalue weighted by atomic mass is 9.95. The molecule has 0 spiro atoms. The van der Waals surface area contributed by atoms with E-state index in [1.807, 2.05) is 10.6 Å². The largest absolute Gasteiger partial charge is 0.387 e. The Morgan fingerprint density at radius 2 is 2.40 bits per heavy atom. The highest BCUT2D eigenvalue weighted by Crippen LogP contribution is 2.32. The number of aryl methyl sites for hydroxylation is 1. The van der Waals surface area contributed by atoms with Crippen LogP contribution in [0.2, 0.25) is 0 Å². The van der Waals surface area contributed by atoms with Crippen molar-refractivity contribution >= 4 is 5.91 Å². The van der Waals surface area contributed by atoms with Crippen LogP contribution in [0.5, 0.6) is 0 Å². The number of rotatable bonds is 0. The number of nitrogens with zero attached hydrogens (tertiary/aromatic N) is 1. The van der Waals surface area contributed by atoms with Crippen LogP contribution in [0.1, 0.15) is 40.7 Å². The summed E-state index contributed by atoms with van der Waals surface area (Å²) in [4.78, 5) is 11.6. The number of hydrogen-bond acceptors (Lipinski definition) is 2. The van der Waals surface area contributed by atoms with Gasteiger partial charge in [0, 0.05) is 13.1 Å². The third-order valence-electron chi connectivity index (χ3n) is 3.31. The minimum absolute atomic E-state index is 0.0112. The van der Waals surface area contributed by atoms with Crippen molar-refractivity contribution in [3.05, 3.63) is 23.0 Å². The standard InChI is InChI=1S/C11H14N2O2/c14-9-3-1-2-7-6-8-11(15)12-4-5-13(8)10(7)9/h6,9,14H,1-5H2,(H,12,15). The van der Waals surface area contributed by atoms with Crippen LogP contribution in [-0.4, -0.2) is 22.1 Å². The van der Waals surface area contributed by atoms with E-state index in [-0.39, 0.29) is 12.0 Å².